The number of aromatic nitrogens is 2. The first-order chi connectivity index (χ1) is 13.5. The molecule has 0 saturated heterocycles. The van der Waals surface area contributed by atoms with Crippen molar-refractivity contribution >= 4 is 22.5 Å². The quantitative estimate of drug-likeness (QED) is 0.522. The summed E-state index contributed by atoms with van der Waals surface area (Å²) in [4.78, 5) is 22.0. The number of nitrogens with zero attached hydrogens (tertiary/aromatic N) is 2. The summed E-state index contributed by atoms with van der Waals surface area (Å²) in [6.45, 7) is 6.19. The standard InChI is InChI=1S/C24H21N3O/c1-15-7-8-18(13-17(15)3)22-14-21(20-6-4-5-16(2)23(20)27-22)24(28)26-19-9-11-25-12-10-19/h4-14H,1-3H3,(H,25,26,28). The van der Waals surface area contributed by atoms with E-state index in [1.165, 1.54) is 11.1 Å². The third-order valence-electron chi connectivity index (χ3n) is 5.03. The van der Waals surface area contributed by atoms with Crippen molar-refractivity contribution in [1.82, 2.24) is 9.97 Å². The molecule has 0 unspecified atom stereocenters. The second-order valence-electron chi connectivity index (χ2n) is 7.02. The van der Waals surface area contributed by atoms with Crippen molar-refractivity contribution in [2.75, 3.05) is 5.32 Å². The molecule has 4 nitrogen and oxygen atoms in total. The fourth-order valence-corrected chi connectivity index (χ4v) is 3.26. The number of benzene rings is 2. The van der Waals surface area contributed by atoms with Gasteiger partial charge in [0.1, 0.15) is 0 Å². The molecule has 2 aromatic carbocycles. The van der Waals surface area contributed by atoms with E-state index < -0.39 is 0 Å². The number of aryl methyl sites for hydroxylation is 3. The van der Waals surface area contributed by atoms with Crippen molar-refractivity contribution in [1.29, 1.82) is 0 Å². The predicted octanol–water partition coefficient (Wildman–Crippen LogP) is 5.47. The second-order valence-corrected chi connectivity index (χ2v) is 7.02. The van der Waals surface area contributed by atoms with Crippen LogP contribution in [0.1, 0.15) is 27.0 Å². The van der Waals surface area contributed by atoms with Gasteiger partial charge < -0.3 is 5.32 Å². The van der Waals surface area contributed by atoms with Crippen molar-refractivity contribution in [3.8, 4) is 11.3 Å². The molecule has 2 heterocycles. The topological polar surface area (TPSA) is 54.9 Å². The number of rotatable bonds is 3. The molecule has 0 aliphatic carbocycles. The Hall–Kier alpha value is -3.53. The van der Waals surface area contributed by atoms with E-state index in [2.05, 4.69) is 42.3 Å². The van der Waals surface area contributed by atoms with E-state index in [4.69, 9.17) is 4.98 Å². The highest BCUT2D eigenvalue weighted by molar-refractivity contribution is 6.13. The number of fused-ring (bicyclic) bond motifs is 1. The minimum Gasteiger partial charge on any atom is -0.322 e. The van der Waals surface area contributed by atoms with E-state index in [1.807, 2.05) is 31.2 Å². The van der Waals surface area contributed by atoms with Crippen LogP contribution in [-0.4, -0.2) is 15.9 Å². The summed E-state index contributed by atoms with van der Waals surface area (Å²) in [5.41, 5.74) is 7.45. The minimum atomic E-state index is -0.158. The van der Waals surface area contributed by atoms with Gasteiger partial charge in [-0.05, 0) is 61.7 Å². The van der Waals surface area contributed by atoms with Gasteiger partial charge in [0.2, 0.25) is 0 Å². The molecular formula is C24H21N3O. The van der Waals surface area contributed by atoms with Crippen molar-refractivity contribution in [2.24, 2.45) is 0 Å². The van der Waals surface area contributed by atoms with Gasteiger partial charge in [-0.3, -0.25) is 9.78 Å². The number of para-hydroxylation sites is 1. The molecule has 1 N–H and O–H groups in total. The highest BCUT2D eigenvalue weighted by atomic mass is 16.1. The SMILES string of the molecule is Cc1ccc(-c2cc(C(=O)Nc3ccncc3)c3cccc(C)c3n2)cc1C. The highest BCUT2D eigenvalue weighted by Gasteiger charge is 2.15. The summed E-state index contributed by atoms with van der Waals surface area (Å²) >= 11 is 0. The van der Waals surface area contributed by atoms with Crippen LogP contribution in [0.5, 0.6) is 0 Å². The fraction of sp³-hybridized carbons (Fsp3) is 0.125. The summed E-state index contributed by atoms with van der Waals surface area (Å²) in [6.07, 6.45) is 3.32. The van der Waals surface area contributed by atoms with Crippen LogP contribution in [0.2, 0.25) is 0 Å². The van der Waals surface area contributed by atoms with Crippen molar-refractivity contribution in [3.63, 3.8) is 0 Å². The Balaban J connectivity index is 1.88. The van der Waals surface area contributed by atoms with Gasteiger partial charge in [-0.1, -0.05) is 30.3 Å². The number of carbonyl (C=O) groups is 1. The monoisotopic (exact) mass is 367 g/mol. The molecule has 0 bridgehead atoms. The van der Waals surface area contributed by atoms with Gasteiger partial charge in [-0.25, -0.2) is 4.98 Å². The number of carbonyl (C=O) groups excluding carboxylic acids is 1. The molecule has 1 amide bonds. The van der Waals surface area contributed by atoms with Gasteiger partial charge >= 0.3 is 0 Å². The molecule has 4 aromatic rings. The van der Waals surface area contributed by atoms with Crippen LogP contribution in [0.4, 0.5) is 5.69 Å². The van der Waals surface area contributed by atoms with Gasteiger partial charge in [0, 0.05) is 29.0 Å². The first-order valence-corrected chi connectivity index (χ1v) is 9.22. The molecule has 0 aliphatic rings. The molecule has 138 valence electrons. The average molecular weight is 367 g/mol. The van der Waals surface area contributed by atoms with Crippen LogP contribution in [0, 0.1) is 20.8 Å². The predicted molar refractivity (Wildman–Crippen MR) is 114 cm³/mol. The molecule has 4 rings (SSSR count). The highest BCUT2D eigenvalue weighted by Crippen LogP contribution is 2.28. The summed E-state index contributed by atoms with van der Waals surface area (Å²) in [5, 5.41) is 3.81. The van der Waals surface area contributed by atoms with Crippen LogP contribution in [0.15, 0.2) is 67.0 Å². The maximum absolute atomic E-state index is 13.1. The Morgan fingerprint density at radius 3 is 2.39 bits per heavy atom. The Morgan fingerprint density at radius 2 is 1.64 bits per heavy atom. The molecule has 2 aromatic heterocycles. The van der Waals surface area contributed by atoms with Crippen LogP contribution in [0.3, 0.4) is 0 Å². The zero-order valence-corrected chi connectivity index (χ0v) is 16.2. The van der Waals surface area contributed by atoms with Crippen LogP contribution in [-0.2, 0) is 0 Å². The molecule has 0 spiro atoms. The molecule has 0 radical (unpaired) electrons. The molecule has 0 fully saturated rings. The van der Waals surface area contributed by atoms with E-state index in [0.717, 1.165) is 27.7 Å². The second kappa shape index (κ2) is 7.24. The lowest BCUT2D eigenvalue weighted by atomic mass is 9.99. The number of pyridine rings is 2. The van der Waals surface area contributed by atoms with Crippen LogP contribution >= 0.6 is 0 Å². The summed E-state index contributed by atoms with van der Waals surface area (Å²) in [5.74, 6) is -0.158. The van der Waals surface area contributed by atoms with E-state index in [-0.39, 0.29) is 5.91 Å². The zero-order chi connectivity index (χ0) is 19.7. The minimum absolute atomic E-state index is 0.158. The lowest BCUT2D eigenvalue weighted by molar-refractivity contribution is 0.102. The van der Waals surface area contributed by atoms with Crippen LogP contribution < -0.4 is 5.32 Å². The molecule has 4 heteroatoms. The number of hydrogen-bond donors (Lipinski definition) is 1. The van der Waals surface area contributed by atoms with E-state index >= 15 is 0 Å². The zero-order valence-electron chi connectivity index (χ0n) is 16.2. The van der Waals surface area contributed by atoms with Gasteiger partial charge in [0.25, 0.3) is 5.91 Å². The first kappa shape index (κ1) is 17.9. The lowest BCUT2D eigenvalue weighted by Crippen LogP contribution is -2.13. The maximum atomic E-state index is 13.1. The Labute approximate surface area is 164 Å². The van der Waals surface area contributed by atoms with E-state index in [0.29, 0.717) is 11.3 Å². The number of amides is 1. The molecule has 28 heavy (non-hydrogen) atoms. The van der Waals surface area contributed by atoms with E-state index in [1.54, 1.807) is 24.5 Å². The summed E-state index contributed by atoms with van der Waals surface area (Å²) in [6, 6.07) is 17.6. The third kappa shape index (κ3) is 3.37. The molecule has 0 saturated carbocycles. The molecular weight excluding hydrogens is 346 g/mol. The summed E-state index contributed by atoms with van der Waals surface area (Å²) in [7, 11) is 0. The third-order valence-corrected chi connectivity index (χ3v) is 5.03. The van der Waals surface area contributed by atoms with E-state index in [9.17, 15) is 4.79 Å². The molecule has 0 aliphatic heterocycles. The number of anilines is 1. The van der Waals surface area contributed by atoms with Gasteiger partial charge in [-0.2, -0.15) is 0 Å². The van der Waals surface area contributed by atoms with Gasteiger partial charge in [0.05, 0.1) is 16.8 Å². The smallest absolute Gasteiger partial charge is 0.256 e. The Bertz CT molecular complexity index is 1180. The van der Waals surface area contributed by atoms with Crippen molar-refractivity contribution in [3.05, 3.63) is 89.2 Å². The Morgan fingerprint density at radius 1 is 0.857 bits per heavy atom. The number of hydrogen-bond acceptors (Lipinski definition) is 3. The average Bonchev–Trinajstić information content (AvgIpc) is 2.70. The lowest BCUT2D eigenvalue weighted by Gasteiger charge is -2.13. The summed E-state index contributed by atoms with van der Waals surface area (Å²) < 4.78 is 0. The fourth-order valence-electron chi connectivity index (χ4n) is 3.26. The van der Waals surface area contributed by atoms with Crippen molar-refractivity contribution < 1.29 is 4.79 Å². The largest absolute Gasteiger partial charge is 0.322 e. The Kier molecular flexibility index (Phi) is 4.62. The number of nitrogens with one attached hydrogen (secondary N) is 1. The first-order valence-electron chi connectivity index (χ1n) is 9.22. The van der Waals surface area contributed by atoms with Gasteiger partial charge in [-0.15, -0.1) is 0 Å². The van der Waals surface area contributed by atoms with Gasteiger partial charge in [0.15, 0.2) is 0 Å². The van der Waals surface area contributed by atoms with Crippen LogP contribution in [0.25, 0.3) is 22.2 Å². The normalized spacial score (nSPS) is 10.8. The molecule has 0 atom stereocenters. The maximum Gasteiger partial charge on any atom is 0.256 e. The van der Waals surface area contributed by atoms with Crippen molar-refractivity contribution in [2.45, 2.75) is 20.8 Å².